The van der Waals surface area contributed by atoms with E-state index in [1.54, 1.807) is 55.9 Å². The van der Waals surface area contributed by atoms with Crippen LogP contribution >= 0.6 is 0 Å². The quantitative estimate of drug-likeness (QED) is 0.762. The Bertz CT molecular complexity index is 621. The van der Waals surface area contributed by atoms with Gasteiger partial charge < -0.3 is 0 Å². The Labute approximate surface area is 94.8 Å². The Hall–Kier alpha value is -1.36. The third kappa shape index (κ3) is 1.61. The fraction of sp³-hybridized carbons (Fsp3) is 0.364. The van der Waals surface area contributed by atoms with E-state index in [1.165, 1.54) is 0 Å². The molecule has 2 aromatic heterocycles. The molecule has 2 heterocycles. The maximum atomic E-state index is 12.2. The molecule has 0 aliphatic rings. The van der Waals surface area contributed by atoms with Crippen LogP contribution in [0.1, 0.15) is 20.8 Å². The van der Waals surface area contributed by atoms with E-state index in [1.807, 2.05) is 0 Å². The number of nitrogens with zero attached hydrogens (tertiary/aromatic N) is 2. The van der Waals surface area contributed by atoms with Gasteiger partial charge in [-0.2, -0.15) is 5.10 Å². The summed E-state index contributed by atoms with van der Waals surface area (Å²) in [5.74, 6) is 0. The van der Waals surface area contributed by atoms with Crippen molar-refractivity contribution in [1.82, 2.24) is 9.61 Å². The highest BCUT2D eigenvalue weighted by atomic mass is 32.2. The lowest BCUT2D eigenvalue weighted by Gasteiger charge is -2.19. The Kier molecular flexibility index (Phi) is 2.31. The number of fused-ring (bicyclic) bond motifs is 1. The zero-order valence-corrected chi connectivity index (χ0v) is 10.3. The van der Waals surface area contributed by atoms with Crippen LogP contribution in [0.3, 0.4) is 0 Å². The molecule has 0 fully saturated rings. The molecular weight excluding hydrogens is 224 g/mol. The highest BCUT2D eigenvalue weighted by Gasteiger charge is 2.30. The van der Waals surface area contributed by atoms with Gasteiger partial charge in [-0.15, -0.1) is 0 Å². The lowest BCUT2D eigenvalue weighted by atomic mass is 10.3. The van der Waals surface area contributed by atoms with Crippen LogP contribution in [0.4, 0.5) is 0 Å². The minimum absolute atomic E-state index is 0.341. The van der Waals surface area contributed by atoms with Gasteiger partial charge in [0.15, 0.2) is 9.84 Å². The van der Waals surface area contributed by atoms with Gasteiger partial charge in [0.2, 0.25) is 0 Å². The van der Waals surface area contributed by atoms with Crippen molar-refractivity contribution in [3.63, 3.8) is 0 Å². The predicted octanol–water partition coefficient (Wildman–Crippen LogP) is 1.91. The van der Waals surface area contributed by atoms with Crippen LogP contribution in [0, 0.1) is 0 Å². The van der Waals surface area contributed by atoms with Crippen molar-refractivity contribution in [2.75, 3.05) is 0 Å². The van der Waals surface area contributed by atoms with E-state index >= 15 is 0 Å². The molecule has 0 unspecified atom stereocenters. The number of sulfone groups is 1. The first kappa shape index (κ1) is 11.1. The van der Waals surface area contributed by atoms with Gasteiger partial charge in [0, 0.05) is 12.4 Å². The van der Waals surface area contributed by atoms with Gasteiger partial charge in [0.1, 0.15) is 0 Å². The second-order valence-electron chi connectivity index (χ2n) is 4.68. The molecule has 0 saturated heterocycles. The molecule has 16 heavy (non-hydrogen) atoms. The Morgan fingerprint density at radius 3 is 2.56 bits per heavy atom. The van der Waals surface area contributed by atoms with E-state index in [-0.39, 0.29) is 0 Å². The average molecular weight is 238 g/mol. The van der Waals surface area contributed by atoms with E-state index in [4.69, 9.17) is 0 Å². The molecule has 0 aliphatic carbocycles. The number of pyridine rings is 1. The van der Waals surface area contributed by atoms with E-state index < -0.39 is 14.6 Å². The molecule has 0 saturated carbocycles. The molecule has 2 rings (SSSR count). The lowest BCUT2D eigenvalue weighted by Crippen LogP contribution is -2.27. The third-order valence-electron chi connectivity index (χ3n) is 2.49. The smallest absolute Gasteiger partial charge is 0.183 e. The third-order valence-corrected chi connectivity index (χ3v) is 4.97. The van der Waals surface area contributed by atoms with Crippen LogP contribution in [-0.4, -0.2) is 22.8 Å². The molecule has 0 spiro atoms. The number of rotatable bonds is 1. The van der Waals surface area contributed by atoms with Gasteiger partial charge in [0.25, 0.3) is 0 Å². The summed E-state index contributed by atoms with van der Waals surface area (Å²) in [4.78, 5) is 0.341. The molecule has 0 N–H and O–H groups in total. The zero-order chi connectivity index (χ0) is 12.0. The first-order valence-corrected chi connectivity index (χ1v) is 6.49. The molecule has 0 aromatic carbocycles. The summed E-state index contributed by atoms with van der Waals surface area (Å²) in [6, 6.07) is 5.01. The maximum absolute atomic E-state index is 12.2. The topological polar surface area (TPSA) is 51.4 Å². The van der Waals surface area contributed by atoms with Crippen LogP contribution in [-0.2, 0) is 9.84 Å². The summed E-state index contributed by atoms with van der Waals surface area (Å²) in [7, 11) is -3.29. The van der Waals surface area contributed by atoms with Crippen LogP contribution < -0.4 is 0 Å². The fourth-order valence-corrected chi connectivity index (χ4v) is 2.65. The summed E-state index contributed by atoms with van der Waals surface area (Å²) in [6.07, 6.45) is 3.30. The van der Waals surface area contributed by atoms with Gasteiger partial charge in [-0.05, 0) is 39.0 Å². The summed E-state index contributed by atoms with van der Waals surface area (Å²) in [5, 5.41) is 4.03. The summed E-state index contributed by atoms with van der Waals surface area (Å²) < 4.78 is 25.2. The summed E-state index contributed by atoms with van der Waals surface area (Å²) in [5.41, 5.74) is 0.783. The monoisotopic (exact) mass is 238 g/mol. The van der Waals surface area contributed by atoms with Crippen LogP contribution in [0.25, 0.3) is 5.52 Å². The Morgan fingerprint density at radius 1 is 1.25 bits per heavy atom. The van der Waals surface area contributed by atoms with Gasteiger partial charge in [-0.3, -0.25) is 0 Å². The first-order chi connectivity index (χ1) is 7.32. The zero-order valence-electron chi connectivity index (χ0n) is 9.51. The first-order valence-electron chi connectivity index (χ1n) is 5.00. The highest BCUT2D eigenvalue weighted by Crippen LogP contribution is 2.25. The standard InChI is InChI=1S/C11H14N2O2S/c1-11(2,3)16(14,15)10-5-7-13-9(8-10)4-6-12-13/h4-8H,1-3H3. The van der Waals surface area contributed by atoms with Crippen molar-refractivity contribution in [1.29, 1.82) is 0 Å². The molecule has 0 aliphatic heterocycles. The molecule has 0 atom stereocenters. The summed E-state index contributed by atoms with van der Waals surface area (Å²) in [6.45, 7) is 5.09. The van der Waals surface area contributed by atoms with Crippen molar-refractivity contribution in [3.8, 4) is 0 Å². The van der Waals surface area contributed by atoms with Gasteiger partial charge in [-0.25, -0.2) is 12.9 Å². The summed E-state index contributed by atoms with van der Waals surface area (Å²) >= 11 is 0. The number of aromatic nitrogens is 2. The molecule has 2 aromatic rings. The average Bonchev–Trinajstić information content (AvgIpc) is 2.61. The number of hydrogen-bond acceptors (Lipinski definition) is 3. The maximum Gasteiger partial charge on any atom is 0.183 e. The highest BCUT2D eigenvalue weighted by molar-refractivity contribution is 7.92. The molecule has 0 amide bonds. The van der Waals surface area contributed by atoms with Crippen molar-refractivity contribution in [3.05, 3.63) is 30.6 Å². The minimum atomic E-state index is -3.29. The van der Waals surface area contributed by atoms with Crippen molar-refractivity contribution in [2.24, 2.45) is 0 Å². The normalized spacial score (nSPS) is 13.2. The second kappa shape index (κ2) is 3.31. The van der Waals surface area contributed by atoms with Gasteiger partial charge in [0.05, 0.1) is 15.2 Å². The molecule has 5 heteroatoms. The van der Waals surface area contributed by atoms with E-state index in [2.05, 4.69) is 5.10 Å². The van der Waals surface area contributed by atoms with Crippen LogP contribution in [0.15, 0.2) is 35.5 Å². The molecule has 86 valence electrons. The van der Waals surface area contributed by atoms with Gasteiger partial charge >= 0.3 is 0 Å². The molecular formula is C11H14N2O2S. The Balaban J connectivity index is 2.64. The molecule has 0 bridgehead atoms. The van der Waals surface area contributed by atoms with E-state index in [0.29, 0.717) is 4.90 Å². The molecule has 4 nitrogen and oxygen atoms in total. The lowest BCUT2D eigenvalue weighted by molar-refractivity contribution is 0.560. The Morgan fingerprint density at radius 2 is 1.94 bits per heavy atom. The number of hydrogen-bond donors (Lipinski definition) is 0. The van der Waals surface area contributed by atoms with E-state index in [9.17, 15) is 8.42 Å². The second-order valence-corrected chi connectivity index (χ2v) is 7.38. The van der Waals surface area contributed by atoms with Gasteiger partial charge in [-0.1, -0.05) is 0 Å². The SMILES string of the molecule is CC(C)(C)S(=O)(=O)c1ccn2nccc2c1. The van der Waals surface area contributed by atoms with Crippen molar-refractivity contribution >= 4 is 15.4 Å². The van der Waals surface area contributed by atoms with Crippen LogP contribution in [0.2, 0.25) is 0 Å². The van der Waals surface area contributed by atoms with Crippen molar-refractivity contribution in [2.45, 2.75) is 30.4 Å². The van der Waals surface area contributed by atoms with E-state index in [0.717, 1.165) is 5.52 Å². The largest absolute Gasteiger partial charge is 0.241 e. The predicted molar refractivity (Wildman–Crippen MR) is 62.1 cm³/mol. The minimum Gasteiger partial charge on any atom is -0.241 e. The van der Waals surface area contributed by atoms with Crippen molar-refractivity contribution < 1.29 is 8.42 Å². The fourth-order valence-electron chi connectivity index (χ4n) is 1.42. The molecule has 0 radical (unpaired) electrons. The van der Waals surface area contributed by atoms with Crippen LogP contribution in [0.5, 0.6) is 0 Å².